The van der Waals surface area contributed by atoms with Gasteiger partial charge >= 0.3 is 0 Å². The molecule has 1 heterocycles. The van der Waals surface area contributed by atoms with Crippen molar-refractivity contribution in [3.05, 3.63) is 35.5 Å². The Balaban J connectivity index is 2.22. The smallest absolute Gasteiger partial charge is 0.240 e. The van der Waals surface area contributed by atoms with Gasteiger partial charge in [0.1, 0.15) is 5.15 Å². The van der Waals surface area contributed by atoms with Gasteiger partial charge in [-0.3, -0.25) is 0 Å². The van der Waals surface area contributed by atoms with Crippen molar-refractivity contribution in [3.63, 3.8) is 0 Å². The van der Waals surface area contributed by atoms with Crippen molar-refractivity contribution < 1.29 is 13.5 Å². The van der Waals surface area contributed by atoms with Gasteiger partial charge in [0, 0.05) is 11.9 Å². The molecule has 2 aromatic rings. The third-order valence-corrected chi connectivity index (χ3v) is 4.70. The number of aliphatic hydroxyl groups is 1. The third-order valence-electron chi connectivity index (χ3n) is 3.07. The first-order valence-electron chi connectivity index (χ1n) is 6.66. The number of nitrogens with zero attached hydrogens (tertiary/aromatic N) is 1. The van der Waals surface area contributed by atoms with E-state index in [-0.39, 0.29) is 11.4 Å². The zero-order valence-electron chi connectivity index (χ0n) is 11.6. The highest BCUT2D eigenvalue weighted by Crippen LogP contribution is 2.19. The largest absolute Gasteiger partial charge is 0.392 e. The molecule has 0 spiro atoms. The van der Waals surface area contributed by atoms with Gasteiger partial charge in [0.15, 0.2) is 0 Å². The second-order valence-electron chi connectivity index (χ2n) is 4.78. The lowest BCUT2D eigenvalue weighted by Crippen LogP contribution is -2.32. The molecular formula is C14H17ClN2O3S. The molecule has 0 fully saturated rings. The molecule has 1 aromatic carbocycles. The van der Waals surface area contributed by atoms with Gasteiger partial charge in [-0.1, -0.05) is 24.9 Å². The topological polar surface area (TPSA) is 79.3 Å². The fourth-order valence-electron chi connectivity index (χ4n) is 1.97. The van der Waals surface area contributed by atoms with Gasteiger partial charge in [0.2, 0.25) is 10.0 Å². The van der Waals surface area contributed by atoms with Gasteiger partial charge < -0.3 is 5.11 Å². The van der Waals surface area contributed by atoms with Gasteiger partial charge in [0.05, 0.1) is 16.5 Å². The molecule has 2 rings (SSSR count). The number of benzene rings is 1. The van der Waals surface area contributed by atoms with E-state index in [9.17, 15) is 13.5 Å². The maximum atomic E-state index is 12.2. The van der Waals surface area contributed by atoms with Crippen LogP contribution in [-0.2, 0) is 10.0 Å². The number of pyridine rings is 1. The Morgan fingerprint density at radius 3 is 2.81 bits per heavy atom. The Hall–Kier alpha value is -1.21. The summed E-state index contributed by atoms with van der Waals surface area (Å²) in [4.78, 5) is 4.25. The van der Waals surface area contributed by atoms with Crippen molar-refractivity contribution in [3.8, 4) is 0 Å². The average molecular weight is 329 g/mol. The number of fused-ring (bicyclic) bond motifs is 1. The summed E-state index contributed by atoms with van der Waals surface area (Å²) in [7, 11) is -3.65. The van der Waals surface area contributed by atoms with Crippen LogP contribution in [0.4, 0.5) is 0 Å². The van der Waals surface area contributed by atoms with Crippen molar-refractivity contribution in [1.29, 1.82) is 0 Å². The van der Waals surface area contributed by atoms with Crippen LogP contribution in [0.15, 0.2) is 35.2 Å². The maximum absolute atomic E-state index is 12.2. The Morgan fingerprint density at radius 1 is 1.33 bits per heavy atom. The molecule has 2 N–H and O–H groups in total. The van der Waals surface area contributed by atoms with Crippen molar-refractivity contribution in [2.45, 2.75) is 30.8 Å². The van der Waals surface area contributed by atoms with Crippen LogP contribution < -0.4 is 4.72 Å². The summed E-state index contributed by atoms with van der Waals surface area (Å²) in [6.45, 7) is 1.94. The Bertz CT molecular complexity index is 734. The van der Waals surface area contributed by atoms with Gasteiger partial charge in [-0.15, -0.1) is 0 Å². The highest BCUT2D eigenvalue weighted by molar-refractivity contribution is 7.89. The molecule has 0 saturated heterocycles. The summed E-state index contributed by atoms with van der Waals surface area (Å²) in [6.07, 6.45) is 0.680. The molecule has 1 atom stereocenters. The van der Waals surface area contributed by atoms with Gasteiger partial charge in [-0.25, -0.2) is 18.1 Å². The van der Waals surface area contributed by atoms with Crippen LogP contribution in [0.25, 0.3) is 10.9 Å². The molecule has 1 unspecified atom stereocenters. The molecule has 21 heavy (non-hydrogen) atoms. The molecule has 0 amide bonds. The first-order chi connectivity index (χ1) is 9.92. The predicted octanol–water partition coefficient (Wildman–Crippen LogP) is 2.33. The molecule has 0 aliphatic carbocycles. The predicted molar refractivity (Wildman–Crippen MR) is 82.9 cm³/mol. The zero-order chi connectivity index (χ0) is 15.5. The van der Waals surface area contributed by atoms with E-state index < -0.39 is 16.1 Å². The van der Waals surface area contributed by atoms with Crippen molar-refractivity contribution in [1.82, 2.24) is 9.71 Å². The lowest BCUT2D eigenvalue weighted by molar-refractivity contribution is 0.167. The first-order valence-corrected chi connectivity index (χ1v) is 8.52. The average Bonchev–Trinajstić information content (AvgIpc) is 2.45. The number of halogens is 1. The molecule has 0 bridgehead atoms. The van der Waals surface area contributed by atoms with Gasteiger partial charge in [-0.2, -0.15) is 0 Å². The third kappa shape index (κ3) is 4.14. The number of hydrogen-bond acceptors (Lipinski definition) is 4. The van der Waals surface area contributed by atoms with E-state index in [1.807, 2.05) is 6.92 Å². The van der Waals surface area contributed by atoms with Crippen LogP contribution in [0, 0.1) is 0 Å². The molecule has 1 aromatic heterocycles. The highest BCUT2D eigenvalue weighted by Gasteiger charge is 2.16. The minimum absolute atomic E-state index is 0.00702. The zero-order valence-corrected chi connectivity index (χ0v) is 13.2. The number of sulfonamides is 1. The minimum Gasteiger partial charge on any atom is -0.392 e. The summed E-state index contributed by atoms with van der Waals surface area (Å²) in [5.41, 5.74) is 0.632. The molecule has 0 aliphatic rings. The first kappa shape index (κ1) is 16.2. The fourth-order valence-corrected chi connectivity index (χ4v) is 3.23. The van der Waals surface area contributed by atoms with Crippen molar-refractivity contribution in [2.24, 2.45) is 0 Å². The van der Waals surface area contributed by atoms with Crippen LogP contribution >= 0.6 is 11.6 Å². The maximum Gasteiger partial charge on any atom is 0.240 e. The van der Waals surface area contributed by atoms with Crippen molar-refractivity contribution in [2.75, 3.05) is 6.54 Å². The number of nitrogens with one attached hydrogen (secondary N) is 1. The standard InChI is InChI=1S/C14H17ClN2O3S/c1-2-3-11(18)9-16-21(19,20)12-5-6-13-10(8-12)4-7-14(15)17-13/h4-8,11,16,18H,2-3,9H2,1H3. The van der Waals surface area contributed by atoms with Gasteiger partial charge in [-0.05, 0) is 36.8 Å². The van der Waals surface area contributed by atoms with Crippen LogP contribution in [-0.4, -0.2) is 31.2 Å². The summed E-state index contributed by atoms with van der Waals surface area (Å²) in [5, 5.41) is 10.7. The second kappa shape index (κ2) is 6.70. The van der Waals surface area contributed by atoms with Gasteiger partial charge in [0.25, 0.3) is 0 Å². The number of rotatable bonds is 6. The van der Waals surface area contributed by atoms with Crippen LogP contribution in [0.5, 0.6) is 0 Å². The molecular weight excluding hydrogens is 312 g/mol. The Morgan fingerprint density at radius 2 is 2.10 bits per heavy atom. The van der Waals surface area contributed by atoms with E-state index >= 15 is 0 Å². The van der Waals surface area contributed by atoms with Crippen LogP contribution in [0.1, 0.15) is 19.8 Å². The minimum atomic E-state index is -3.65. The Kier molecular flexibility index (Phi) is 5.16. The monoisotopic (exact) mass is 328 g/mol. The quantitative estimate of drug-likeness (QED) is 0.798. The SMILES string of the molecule is CCCC(O)CNS(=O)(=O)c1ccc2nc(Cl)ccc2c1. The summed E-state index contributed by atoms with van der Waals surface area (Å²) in [6, 6.07) is 7.94. The molecule has 0 aliphatic heterocycles. The van der Waals surface area contributed by atoms with Crippen molar-refractivity contribution >= 4 is 32.5 Å². The van der Waals surface area contributed by atoms with E-state index in [0.717, 1.165) is 6.42 Å². The molecule has 5 nitrogen and oxygen atoms in total. The molecule has 7 heteroatoms. The van der Waals surface area contributed by atoms with E-state index in [0.29, 0.717) is 22.5 Å². The number of aliphatic hydroxyl groups excluding tert-OH is 1. The lowest BCUT2D eigenvalue weighted by atomic mass is 10.2. The van der Waals surface area contributed by atoms with Crippen LogP contribution in [0.3, 0.4) is 0 Å². The van der Waals surface area contributed by atoms with Crippen LogP contribution in [0.2, 0.25) is 5.15 Å². The van der Waals surface area contributed by atoms with E-state index in [2.05, 4.69) is 9.71 Å². The summed E-state index contributed by atoms with van der Waals surface area (Å²) < 4.78 is 26.8. The molecule has 114 valence electrons. The highest BCUT2D eigenvalue weighted by atomic mass is 35.5. The number of aromatic nitrogens is 1. The summed E-state index contributed by atoms with van der Waals surface area (Å²) in [5.74, 6) is 0. The summed E-state index contributed by atoms with van der Waals surface area (Å²) >= 11 is 5.79. The fraction of sp³-hybridized carbons (Fsp3) is 0.357. The molecule has 0 saturated carbocycles. The van der Waals surface area contributed by atoms with E-state index in [1.165, 1.54) is 12.1 Å². The van der Waals surface area contributed by atoms with E-state index in [1.54, 1.807) is 18.2 Å². The normalized spacial score (nSPS) is 13.5. The number of hydrogen-bond donors (Lipinski definition) is 2. The van der Waals surface area contributed by atoms with E-state index in [4.69, 9.17) is 11.6 Å². The lowest BCUT2D eigenvalue weighted by Gasteiger charge is -2.11. The molecule has 0 radical (unpaired) electrons. The Labute approximate surface area is 129 Å². The second-order valence-corrected chi connectivity index (χ2v) is 6.94.